The molecule has 0 aromatic carbocycles. The third kappa shape index (κ3) is 4.03. The lowest BCUT2D eigenvalue weighted by molar-refractivity contribution is -0.117. The van der Waals surface area contributed by atoms with Gasteiger partial charge in [0.15, 0.2) is 0 Å². The maximum absolute atomic E-state index is 11.4. The van der Waals surface area contributed by atoms with Crippen molar-refractivity contribution in [3.63, 3.8) is 0 Å². The summed E-state index contributed by atoms with van der Waals surface area (Å²) >= 11 is 4.01. The van der Waals surface area contributed by atoms with E-state index in [9.17, 15) is 9.59 Å². The number of hydrogen-bond donors (Lipinski definition) is 4. The van der Waals surface area contributed by atoms with E-state index >= 15 is 0 Å². The van der Waals surface area contributed by atoms with Crippen LogP contribution in [0.3, 0.4) is 0 Å². The quantitative estimate of drug-likeness (QED) is 0.210. The first-order chi connectivity index (χ1) is 6.93. The molecule has 0 spiro atoms. The van der Waals surface area contributed by atoms with Gasteiger partial charge in [0.2, 0.25) is 5.91 Å². The Labute approximate surface area is 93.2 Å². The monoisotopic (exact) mass is 230 g/mol. The van der Waals surface area contributed by atoms with Gasteiger partial charge in [0.1, 0.15) is 5.84 Å². The van der Waals surface area contributed by atoms with Crippen molar-refractivity contribution in [2.24, 2.45) is 16.5 Å². The van der Waals surface area contributed by atoms with Crippen molar-refractivity contribution in [3.8, 4) is 0 Å². The number of likely N-dealkylation sites (N-methyl/N-ethyl adjacent to an activating group) is 1. The van der Waals surface area contributed by atoms with Crippen LogP contribution in [0.4, 0.5) is 0 Å². The van der Waals surface area contributed by atoms with Crippen molar-refractivity contribution < 1.29 is 9.59 Å². The standard InChI is InChI=1S/C8H14N4O2S/c1-11-7(10)6(8(14)12-2)4(15)3-5(9)13/h15H,3H2,1-2H3,(H2,9,13)(H2,10,11)(H,12,14)/b6-4+. The van der Waals surface area contributed by atoms with Crippen LogP contribution in [0.15, 0.2) is 15.5 Å². The summed E-state index contributed by atoms with van der Waals surface area (Å²) in [6.45, 7) is 0. The molecule has 0 fully saturated rings. The molecule has 0 bridgehead atoms. The Hall–Kier alpha value is -1.50. The van der Waals surface area contributed by atoms with Crippen molar-refractivity contribution in [3.05, 3.63) is 10.5 Å². The summed E-state index contributed by atoms with van der Waals surface area (Å²) in [7, 11) is 2.88. The third-order valence-corrected chi connectivity index (χ3v) is 1.96. The van der Waals surface area contributed by atoms with Crippen LogP contribution < -0.4 is 16.8 Å². The molecule has 6 nitrogen and oxygen atoms in total. The first-order valence-electron chi connectivity index (χ1n) is 4.09. The molecular formula is C8H14N4O2S. The van der Waals surface area contributed by atoms with E-state index in [1.165, 1.54) is 14.1 Å². The summed E-state index contributed by atoms with van der Waals surface area (Å²) in [5.41, 5.74) is 10.6. The average molecular weight is 230 g/mol. The Morgan fingerprint density at radius 2 is 1.93 bits per heavy atom. The molecule has 0 saturated heterocycles. The number of primary amides is 1. The van der Waals surface area contributed by atoms with Gasteiger partial charge in [-0.1, -0.05) is 0 Å². The van der Waals surface area contributed by atoms with Gasteiger partial charge >= 0.3 is 0 Å². The average Bonchev–Trinajstić information content (AvgIpc) is 2.16. The number of carbonyl (C=O) groups excluding carboxylic acids is 2. The summed E-state index contributed by atoms with van der Waals surface area (Å²) < 4.78 is 0. The Kier molecular flexibility index (Phi) is 5.46. The van der Waals surface area contributed by atoms with Gasteiger partial charge < -0.3 is 16.8 Å². The molecule has 0 heterocycles. The molecule has 0 saturated carbocycles. The van der Waals surface area contributed by atoms with Crippen LogP contribution in [0.25, 0.3) is 0 Å². The van der Waals surface area contributed by atoms with E-state index in [0.29, 0.717) is 0 Å². The number of rotatable bonds is 4. The molecule has 0 aliphatic heterocycles. The summed E-state index contributed by atoms with van der Waals surface area (Å²) in [6, 6.07) is 0. The Morgan fingerprint density at radius 1 is 1.40 bits per heavy atom. The second-order valence-electron chi connectivity index (χ2n) is 2.65. The van der Waals surface area contributed by atoms with Gasteiger partial charge in [-0.15, -0.1) is 12.6 Å². The minimum absolute atomic E-state index is 0.0144. The zero-order valence-corrected chi connectivity index (χ0v) is 9.47. The molecule has 0 aromatic rings. The molecule has 0 aliphatic carbocycles. The number of nitrogens with one attached hydrogen (secondary N) is 1. The molecule has 0 unspecified atom stereocenters. The molecular weight excluding hydrogens is 216 g/mol. The molecule has 0 radical (unpaired) electrons. The fourth-order valence-corrected chi connectivity index (χ4v) is 1.26. The molecule has 2 amide bonds. The predicted octanol–water partition coefficient (Wildman–Crippen LogP) is -1.22. The zero-order valence-electron chi connectivity index (χ0n) is 8.57. The van der Waals surface area contributed by atoms with Crippen molar-refractivity contribution >= 4 is 30.3 Å². The molecule has 15 heavy (non-hydrogen) atoms. The van der Waals surface area contributed by atoms with E-state index in [0.717, 1.165) is 0 Å². The second-order valence-corrected chi connectivity index (χ2v) is 3.19. The minimum atomic E-state index is -0.592. The second kappa shape index (κ2) is 6.07. The van der Waals surface area contributed by atoms with Crippen LogP contribution in [-0.4, -0.2) is 31.7 Å². The molecule has 5 N–H and O–H groups in total. The topological polar surface area (TPSA) is 111 Å². The number of hydrogen-bond acceptors (Lipinski definition) is 4. The Morgan fingerprint density at radius 3 is 2.27 bits per heavy atom. The highest BCUT2D eigenvalue weighted by molar-refractivity contribution is 7.84. The highest BCUT2D eigenvalue weighted by Crippen LogP contribution is 2.13. The SMILES string of the molecule is CN=C(N)/C(C(=O)NC)=C(\S)CC(N)=O. The van der Waals surface area contributed by atoms with E-state index in [4.69, 9.17) is 11.5 Å². The van der Waals surface area contributed by atoms with Gasteiger partial charge in [-0.25, -0.2) is 0 Å². The van der Waals surface area contributed by atoms with Gasteiger partial charge in [-0.3, -0.25) is 14.6 Å². The van der Waals surface area contributed by atoms with Crippen LogP contribution in [0.2, 0.25) is 0 Å². The normalized spacial score (nSPS) is 13.1. The first-order valence-corrected chi connectivity index (χ1v) is 4.53. The molecule has 84 valence electrons. The van der Waals surface area contributed by atoms with Crippen LogP contribution >= 0.6 is 12.6 Å². The lowest BCUT2D eigenvalue weighted by Gasteiger charge is -2.08. The van der Waals surface area contributed by atoms with Crippen LogP contribution in [0.5, 0.6) is 0 Å². The van der Waals surface area contributed by atoms with Gasteiger partial charge in [0.05, 0.1) is 12.0 Å². The predicted molar refractivity (Wildman–Crippen MR) is 61.4 cm³/mol. The number of nitrogens with two attached hydrogens (primary N) is 2. The fourth-order valence-electron chi connectivity index (χ4n) is 0.885. The molecule has 7 heteroatoms. The van der Waals surface area contributed by atoms with Crippen LogP contribution in [0, 0.1) is 0 Å². The van der Waals surface area contributed by atoms with Gasteiger partial charge in [0.25, 0.3) is 5.91 Å². The number of amidine groups is 1. The Bertz CT molecular complexity index is 336. The molecule has 0 aliphatic rings. The van der Waals surface area contributed by atoms with Crippen LogP contribution in [-0.2, 0) is 9.59 Å². The molecule has 0 aromatic heterocycles. The van der Waals surface area contributed by atoms with Gasteiger partial charge in [0, 0.05) is 19.0 Å². The number of amides is 2. The number of carbonyl (C=O) groups is 2. The highest BCUT2D eigenvalue weighted by atomic mass is 32.1. The van der Waals surface area contributed by atoms with E-state index in [1.807, 2.05) is 0 Å². The fraction of sp³-hybridized carbons (Fsp3) is 0.375. The number of thiol groups is 1. The van der Waals surface area contributed by atoms with E-state index in [-0.39, 0.29) is 22.7 Å². The largest absolute Gasteiger partial charge is 0.383 e. The Balaban J connectivity index is 5.25. The maximum Gasteiger partial charge on any atom is 0.255 e. The molecule has 0 atom stereocenters. The summed E-state index contributed by atoms with van der Waals surface area (Å²) in [5, 5.41) is 2.38. The summed E-state index contributed by atoms with van der Waals surface area (Å²) in [6.07, 6.45) is -0.151. The minimum Gasteiger partial charge on any atom is -0.383 e. The van der Waals surface area contributed by atoms with E-state index in [1.54, 1.807) is 0 Å². The summed E-state index contributed by atoms with van der Waals surface area (Å²) in [5.74, 6) is -1.03. The van der Waals surface area contributed by atoms with Crippen molar-refractivity contribution in [1.29, 1.82) is 0 Å². The van der Waals surface area contributed by atoms with E-state index < -0.39 is 11.8 Å². The van der Waals surface area contributed by atoms with Gasteiger partial charge in [-0.2, -0.15) is 0 Å². The zero-order chi connectivity index (χ0) is 12.0. The smallest absolute Gasteiger partial charge is 0.255 e. The number of nitrogens with zero attached hydrogens (tertiary/aromatic N) is 1. The third-order valence-electron chi connectivity index (χ3n) is 1.58. The van der Waals surface area contributed by atoms with Gasteiger partial charge in [-0.05, 0) is 0 Å². The lowest BCUT2D eigenvalue weighted by Crippen LogP contribution is -2.30. The van der Waals surface area contributed by atoms with Crippen molar-refractivity contribution in [1.82, 2.24) is 5.32 Å². The maximum atomic E-state index is 11.4. The summed E-state index contributed by atoms with van der Waals surface area (Å²) in [4.78, 5) is 25.9. The lowest BCUT2D eigenvalue weighted by atomic mass is 10.1. The highest BCUT2D eigenvalue weighted by Gasteiger charge is 2.16. The van der Waals surface area contributed by atoms with Crippen molar-refractivity contribution in [2.45, 2.75) is 6.42 Å². The van der Waals surface area contributed by atoms with Crippen LogP contribution in [0.1, 0.15) is 6.42 Å². The first kappa shape index (κ1) is 13.5. The number of aliphatic imine (C=N–C) groups is 1. The van der Waals surface area contributed by atoms with E-state index in [2.05, 4.69) is 22.9 Å². The van der Waals surface area contributed by atoms with Crippen molar-refractivity contribution in [2.75, 3.05) is 14.1 Å². The molecule has 0 rings (SSSR count).